The number of aryl methyl sites for hydroxylation is 1. The molecule has 0 aliphatic heterocycles. The molecule has 0 N–H and O–H groups in total. The summed E-state index contributed by atoms with van der Waals surface area (Å²) in [6.45, 7) is 3.37. The van der Waals surface area contributed by atoms with Gasteiger partial charge >= 0.3 is 5.97 Å². The fourth-order valence-electron chi connectivity index (χ4n) is 2.45. The first-order valence-corrected chi connectivity index (χ1v) is 9.61. The summed E-state index contributed by atoms with van der Waals surface area (Å²) in [6.07, 6.45) is 1.51. The number of carbonyl (C=O) groups excluding carboxylic acids is 1. The second-order valence-corrected chi connectivity index (χ2v) is 7.11. The Kier molecular flexibility index (Phi) is 6.51. The maximum atomic E-state index is 11.8. The number of rotatable bonds is 9. The third kappa shape index (κ3) is 5.25. The van der Waals surface area contributed by atoms with Gasteiger partial charge in [0, 0.05) is 13.2 Å². The van der Waals surface area contributed by atoms with E-state index in [0.717, 1.165) is 17.6 Å². The summed E-state index contributed by atoms with van der Waals surface area (Å²) in [5.74, 6) is 0.354. The molecule has 1 heterocycles. The average Bonchev–Trinajstić information content (AvgIpc) is 2.87. The van der Waals surface area contributed by atoms with Gasteiger partial charge in [0.05, 0.1) is 37.7 Å². The second-order valence-electron chi connectivity index (χ2n) is 5.47. The molecule has 8 nitrogen and oxygen atoms in total. The van der Waals surface area contributed by atoms with E-state index in [-0.39, 0.29) is 6.61 Å². The number of benzene rings is 1. The Morgan fingerprint density at radius 1 is 1.24 bits per heavy atom. The van der Waals surface area contributed by atoms with Crippen LogP contribution in [-0.4, -0.2) is 57.1 Å². The van der Waals surface area contributed by atoms with Crippen molar-refractivity contribution >= 4 is 27.1 Å². The normalized spacial score (nSPS) is 11.8. The van der Waals surface area contributed by atoms with Crippen molar-refractivity contribution in [3.63, 3.8) is 0 Å². The average molecular weight is 370 g/mol. The summed E-state index contributed by atoms with van der Waals surface area (Å²) in [6, 6.07) is 5.36. The highest BCUT2D eigenvalue weighted by Crippen LogP contribution is 2.20. The maximum Gasteiger partial charge on any atom is 0.340 e. The number of carbonyl (C=O) groups is 1. The van der Waals surface area contributed by atoms with Gasteiger partial charge in [0.25, 0.3) is 10.1 Å². The molecule has 0 saturated heterocycles. The number of esters is 1. The van der Waals surface area contributed by atoms with Crippen LogP contribution in [0.2, 0.25) is 0 Å². The van der Waals surface area contributed by atoms with E-state index in [4.69, 9.17) is 9.47 Å². The highest BCUT2D eigenvalue weighted by atomic mass is 32.2. The van der Waals surface area contributed by atoms with Crippen LogP contribution >= 0.6 is 0 Å². The fraction of sp³-hybridized carbons (Fsp3) is 0.500. The number of methoxy groups -OCH3 is 1. The van der Waals surface area contributed by atoms with Crippen LogP contribution in [0.25, 0.3) is 11.0 Å². The summed E-state index contributed by atoms with van der Waals surface area (Å²) in [4.78, 5) is 16.3. The molecule has 0 amide bonds. The summed E-state index contributed by atoms with van der Waals surface area (Å²) in [7, 11) is -2.06. The largest absolute Gasteiger partial charge is 0.465 e. The second kappa shape index (κ2) is 8.41. The molecule has 9 heteroatoms. The van der Waals surface area contributed by atoms with E-state index in [9.17, 15) is 13.2 Å². The highest BCUT2D eigenvalue weighted by Gasteiger charge is 2.15. The number of ether oxygens (including phenoxy) is 2. The van der Waals surface area contributed by atoms with Crippen molar-refractivity contribution in [3.05, 3.63) is 29.6 Å². The van der Waals surface area contributed by atoms with E-state index in [2.05, 4.69) is 9.17 Å². The van der Waals surface area contributed by atoms with Crippen LogP contribution in [0.4, 0.5) is 0 Å². The number of hydrogen-bond acceptors (Lipinski definition) is 7. The summed E-state index contributed by atoms with van der Waals surface area (Å²) >= 11 is 0. The van der Waals surface area contributed by atoms with Gasteiger partial charge in [-0.05, 0) is 25.5 Å². The molecule has 0 aliphatic rings. The number of nitrogens with zero attached hydrogens (tertiary/aromatic N) is 2. The molecule has 25 heavy (non-hydrogen) atoms. The van der Waals surface area contributed by atoms with Crippen LogP contribution in [0, 0.1) is 6.92 Å². The Bertz CT molecular complexity index is 844. The van der Waals surface area contributed by atoms with Crippen molar-refractivity contribution in [1.82, 2.24) is 9.55 Å². The van der Waals surface area contributed by atoms with Crippen LogP contribution in [0.15, 0.2) is 18.2 Å². The molecule has 0 unspecified atom stereocenters. The topological polar surface area (TPSA) is 96.7 Å². The molecule has 1 aromatic carbocycles. The minimum absolute atomic E-state index is 0.106. The van der Waals surface area contributed by atoms with Crippen LogP contribution in [-0.2, 0) is 30.3 Å². The first-order valence-electron chi connectivity index (χ1n) is 7.80. The molecule has 0 saturated carbocycles. The zero-order valence-electron chi connectivity index (χ0n) is 14.5. The lowest BCUT2D eigenvalue weighted by Crippen LogP contribution is -2.10. The van der Waals surface area contributed by atoms with Crippen LogP contribution in [0.5, 0.6) is 0 Å². The van der Waals surface area contributed by atoms with Crippen molar-refractivity contribution in [3.8, 4) is 0 Å². The predicted octanol–water partition coefficient (Wildman–Crippen LogP) is 1.51. The van der Waals surface area contributed by atoms with Crippen LogP contribution in [0.1, 0.15) is 22.6 Å². The fourth-order valence-corrected chi connectivity index (χ4v) is 2.87. The van der Waals surface area contributed by atoms with E-state index >= 15 is 0 Å². The SMILES string of the molecule is COC(=O)c1cccc2c1nc(C)n2CCOCCCOS(C)(=O)=O. The molecule has 0 bridgehead atoms. The Hall–Kier alpha value is -1.97. The highest BCUT2D eigenvalue weighted by molar-refractivity contribution is 7.85. The quantitative estimate of drug-likeness (QED) is 0.375. The van der Waals surface area contributed by atoms with Gasteiger partial charge in [-0.15, -0.1) is 0 Å². The molecular weight excluding hydrogens is 348 g/mol. The van der Waals surface area contributed by atoms with Crippen molar-refractivity contribution in [2.75, 3.05) is 33.2 Å². The first kappa shape index (κ1) is 19.4. The number of hydrogen-bond donors (Lipinski definition) is 0. The van der Waals surface area contributed by atoms with Crippen LogP contribution < -0.4 is 0 Å². The summed E-state index contributed by atoms with van der Waals surface area (Å²) in [5, 5.41) is 0. The zero-order chi connectivity index (χ0) is 18.4. The Balaban J connectivity index is 1.93. The molecule has 0 fully saturated rings. The van der Waals surface area contributed by atoms with Crippen molar-refractivity contribution in [1.29, 1.82) is 0 Å². The Labute approximate surface area is 146 Å². The lowest BCUT2D eigenvalue weighted by Gasteiger charge is -2.08. The predicted molar refractivity (Wildman–Crippen MR) is 92.0 cm³/mol. The van der Waals surface area contributed by atoms with Crippen LogP contribution in [0.3, 0.4) is 0 Å². The number of imidazole rings is 1. The van der Waals surface area contributed by atoms with Gasteiger partial charge in [-0.2, -0.15) is 8.42 Å². The molecule has 0 spiro atoms. The Morgan fingerprint density at radius 3 is 2.68 bits per heavy atom. The van der Waals surface area contributed by atoms with E-state index in [1.54, 1.807) is 12.1 Å². The standard InChI is InChI=1S/C16H22N2O6S/c1-12-17-15-13(16(19)22-2)6-4-7-14(15)18(12)8-11-23-9-5-10-24-25(3,20)21/h4,6-7H,5,8-11H2,1-3H3. The Morgan fingerprint density at radius 2 is 2.00 bits per heavy atom. The zero-order valence-corrected chi connectivity index (χ0v) is 15.3. The molecule has 0 atom stereocenters. The van der Waals surface area contributed by atoms with Gasteiger partial charge in [-0.1, -0.05) is 6.07 Å². The molecular formula is C16H22N2O6S. The number of aromatic nitrogens is 2. The van der Waals surface area contributed by atoms with E-state index < -0.39 is 16.1 Å². The minimum Gasteiger partial charge on any atom is -0.465 e. The van der Waals surface area contributed by atoms with Gasteiger partial charge in [0.15, 0.2) is 0 Å². The molecule has 0 radical (unpaired) electrons. The smallest absolute Gasteiger partial charge is 0.340 e. The van der Waals surface area contributed by atoms with Gasteiger partial charge in [-0.25, -0.2) is 9.78 Å². The molecule has 0 aliphatic carbocycles. The van der Waals surface area contributed by atoms with E-state index in [1.165, 1.54) is 7.11 Å². The summed E-state index contributed by atoms with van der Waals surface area (Å²) < 4.78 is 38.6. The molecule has 1 aromatic heterocycles. The lowest BCUT2D eigenvalue weighted by molar-refractivity contribution is 0.0602. The molecule has 138 valence electrons. The van der Waals surface area contributed by atoms with E-state index in [0.29, 0.717) is 37.3 Å². The summed E-state index contributed by atoms with van der Waals surface area (Å²) in [5.41, 5.74) is 1.87. The van der Waals surface area contributed by atoms with Crippen molar-refractivity contribution in [2.45, 2.75) is 19.9 Å². The number of fused-ring (bicyclic) bond motifs is 1. The minimum atomic E-state index is -3.40. The monoisotopic (exact) mass is 370 g/mol. The van der Waals surface area contributed by atoms with E-state index in [1.807, 2.05) is 17.6 Å². The van der Waals surface area contributed by atoms with Crippen molar-refractivity contribution in [2.24, 2.45) is 0 Å². The van der Waals surface area contributed by atoms with Gasteiger partial charge in [0.2, 0.25) is 0 Å². The van der Waals surface area contributed by atoms with Gasteiger partial charge < -0.3 is 14.0 Å². The molecule has 2 rings (SSSR count). The first-order chi connectivity index (χ1) is 11.8. The van der Waals surface area contributed by atoms with Crippen molar-refractivity contribution < 1.29 is 26.9 Å². The number of para-hydroxylation sites is 1. The van der Waals surface area contributed by atoms with Gasteiger partial charge in [0.1, 0.15) is 11.3 Å². The third-order valence-electron chi connectivity index (χ3n) is 3.56. The van der Waals surface area contributed by atoms with Gasteiger partial charge in [-0.3, -0.25) is 4.18 Å². The third-order valence-corrected chi connectivity index (χ3v) is 4.16. The maximum absolute atomic E-state index is 11.8. The molecule has 2 aromatic rings. The lowest BCUT2D eigenvalue weighted by atomic mass is 10.2.